The molecule has 0 aliphatic carbocycles. The summed E-state index contributed by atoms with van der Waals surface area (Å²) in [6.07, 6.45) is 4.37. The van der Waals surface area contributed by atoms with E-state index in [0.29, 0.717) is 5.88 Å². The van der Waals surface area contributed by atoms with E-state index in [2.05, 4.69) is 13.8 Å². The Hall–Kier alpha value is -0.890. The summed E-state index contributed by atoms with van der Waals surface area (Å²) in [6.45, 7) is 5.77. The van der Waals surface area contributed by atoms with Gasteiger partial charge in [0.05, 0.1) is 13.2 Å². The second kappa shape index (κ2) is 9.09. The molecule has 0 aliphatic rings. The largest absolute Gasteiger partial charge is 0.490 e. The Bertz CT molecular complexity index is 339. The number of unbranched alkanes of at least 4 members (excludes halogenated alkanes) is 2. The molecule has 0 amide bonds. The number of ether oxygens (including phenoxy) is 2. The summed E-state index contributed by atoms with van der Waals surface area (Å²) >= 11 is 5.84. The smallest absolute Gasteiger partial charge is 0.161 e. The average molecular weight is 271 g/mol. The number of rotatable bonds is 9. The van der Waals surface area contributed by atoms with Gasteiger partial charge in [-0.2, -0.15) is 0 Å². The van der Waals surface area contributed by atoms with Crippen molar-refractivity contribution >= 4 is 11.6 Å². The molecule has 0 atom stereocenters. The molecule has 0 fully saturated rings. The summed E-state index contributed by atoms with van der Waals surface area (Å²) in [5.74, 6) is 2.14. The molecule has 3 heteroatoms. The van der Waals surface area contributed by atoms with E-state index < -0.39 is 0 Å². The lowest BCUT2D eigenvalue weighted by Crippen LogP contribution is -2.02. The van der Waals surface area contributed by atoms with Crippen molar-refractivity contribution in [2.45, 2.75) is 45.4 Å². The molecule has 0 N–H and O–H groups in total. The van der Waals surface area contributed by atoms with Crippen LogP contribution in [0.2, 0.25) is 0 Å². The summed E-state index contributed by atoms with van der Waals surface area (Å²) in [5, 5.41) is 0. The van der Waals surface area contributed by atoms with Crippen LogP contribution in [0.25, 0.3) is 0 Å². The van der Waals surface area contributed by atoms with E-state index in [-0.39, 0.29) is 0 Å². The Balaban J connectivity index is 2.66. The quantitative estimate of drug-likeness (QED) is 0.475. The summed E-state index contributed by atoms with van der Waals surface area (Å²) in [5.41, 5.74) is 1.06. The molecule has 2 nitrogen and oxygen atoms in total. The first-order chi connectivity index (χ1) is 8.81. The van der Waals surface area contributed by atoms with Crippen LogP contribution < -0.4 is 9.47 Å². The molecular formula is C15H23ClO2. The van der Waals surface area contributed by atoms with E-state index in [1.807, 2.05) is 18.2 Å². The fraction of sp³-hybridized carbons (Fsp3) is 0.600. The van der Waals surface area contributed by atoms with Gasteiger partial charge in [-0.3, -0.25) is 0 Å². The Morgan fingerprint density at radius 3 is 2.11 bits per heavy atom. The third-order valence-electron chi connectivity index (χ3n) is 2.67. The van der Waals surface area contributed by atoms with Crippen molar-refractivity contribution in [2.75, 3.05) is 13.2 Å². The Morgan fingerprint density at radius 2 is 1.56 bits per heavy atom. The minimum Gasteiger partial charge on any atom is -0.490 e. The lowest BCUT2D eigenvalue weighted by Gasteiger charge is -2.13. The Kier molecular flexibility index (Phi) is 7.66. The first-order valence-electron chi connectivity index (χ1n) is 6.76. The van der Waals surface area contributed by atoms with Crippen molar-refractivity contribution in [3.05, 3.63) is 23.8 Å². The molecule has 0 saturated heterocycles. The van der Waals surface area contributed by atoms with Crippen LogP contribution in [-0.4, -0.2) is 13.2 Å². The van der Waals surface area contributed by atoms with Gasteiger partial charge >= 0.3 is 0 Å². The second-order valence-electron chi connectivity index (χ2n) is 4.32. The predicted octanol–water partition coefficient (Wildman–Crippen LogP) is 4.78. The highest BCUT2D eigenvalue weighted by atomic mass is 35.5. The molecule has 0 radical (unpaired) electrons. The van der Waals surface area contributed by atoms with E-state index in [9.17, 15) is 0 Å². The second-order valence-corrected chi connectivity index (χ2v) is 4.59. The lowest BCUT2D eigenvalue weighted by molar-refractivity contribution is 0.262. The molecule has 1 rings (SSSR count). The molecule has 102 valence electrons. The van der Waals surface area contributed by atoms with Gasteiger partial charge in [0.25, 0.3) is 0 Å². The maximum absolute atomic E-state index is 5.84. The van der Waals surface area contributed by atoms with Crippen molar-refractivity contribution in [3.63, 3.8) is 0 Å². The molecular weight excluding hydrogens is 248 g/mol. The SMILES string of the molecule is CCCCOc1ccc(CCl)cc1OCCCC. The van der Waals surface area contributed by atoms with Gasteiger partial charge in [0.1, 0.15) is 0 Å². The van der Waals surface area contributed by atoms with Gasteiger partial charge in [-0.25, -0.2) is 0 Å². The summed E-state index contributed by atoms with van der Waals surface area (Å²) in [4.78, 5) is 0. The highest BCUT2D eigenvalue weighted by molar-refractivity contribution is 6.17. The first kappa shape index (κ1) is 15.2. The minimum atomic E-state index is 0.499. The first-order valence-corrected chi connectivity index (χ1v) is 7.29. The van der Waals surface area contributed by atoms with E-state index in [1.54, 1.807) is 0 Å². The van der Waals surface area contributed by atoms with Crippen molar-refractivity contribution in [2.24, 2.45) is 0 Å². The van der Waals surface area contributed by atoms with Crippen LogP contribution in [0.3, 0.4) is 0 Å². The summed E-state index contributed by atoms with van der Waals surface area (Å²) < 4.78 is 11.5. The van der Waals surface area contributed by atoms with Crippen LogP contribution in [0.5, 0.6) is 11.5 Å². The van der Waals surface area contributed by atoms with E-state index >= 15 is 0 Å². The Labute approximate surface area is 115 Å². The van der Waals surface area contributed by atoms with Gasteiger partial charge in [0.2, 0.25) is 0 Å². The van der Waals surface area contributed by atoms with Gasteiger partial charge < -0.3 is 9.47 Å². The molecule has 0 saturated carbocycles. The van der Waals surface area contributed by atoms with Gasteiger partial charge in [-0.1, -0.05) is 32.8 Å². The van der Waals surface area contributed by atoms with Crippen molar-refractivity contribution in [3.8, 4) is 11.5 Å². The van der Waals surface area contributed by atoms with Crippen molar-refractivity contribution in [1.82, 2.24) is 0 Å². The van der Waals surface area contributed by atoms with Gasteiger partial charge in [-0.15, -0.1) is 11.6 Å². The zero-order valence-electron chi connectivity index (χ0n) is 11.4. The van der Waals surface area contributed by atoms with Gasteiger partial charge in [0, 0.05) is 5.88 Å². The van der Waals surface area contributed by atoms with Crippen LogP contribution in [0, 0.1) is 0 Å². The maximum atomic E-state index is 5.84. The summed E-state index contributed by atoms with van der Waals surface area (Å²) in [7, 11) is 0. The number of hydrogen-bond acceptors (Lipinski definition) is 2. The third kappa shape index (κ3) is 5.18. The standard InChI is InChI=1S/C15H23ClO2/c1-3-5-9-17-14-8-7-13(12-16)11-15(14)18-10-6-4-2/h7-8,11H,3-6,9-10,12H2,1-2H3. The van der Waals surface area contributed by atoms with E-state index in [1.165, 1.54) is 0 Å². The molecule has 0 aliphatic heterocycles. The summed E-state index contributed by atoms with van der Waals surface area (Å²) in [6, 6.07) is 5.92. The van der Waals surface area contributed by atoms with E-state index in [0.717, 1.165) is 56.0 Å². The highest BCUT2D eigenvalue weighted by Crippen LogP contribution is 2.29. The number of alkyl halides is 1. The van der Waals surface area contributed by atoms with Gasteiger partial charge in [-0.05, 0) is 30.5 Å². The van der Waals surface area contributed by atoms with Crippen molar-refractivity contribution in [1.29, 1.82) is 0 Å². The number of hydrogen-bond donors (Lipinski definition) is 0. The van der Waals surface area contributed by atoms with Crippen LogP contribution >= 0.6 is 11.6 Å². The van der Waals surface area contributed by atoms with Crippen molar-refractivity contribution < 1.29 is 9.47 Å². The highest BCUT2D eigenvalue weighted by Gasteiger charge is 2.06. The lowest BCUT2D eigenvalue weighted by atomic mass is 10.2. The van der Waals surface area contributed by atoms with E-state index in [4.69, 9.17) is 21.1 Å². The number of benzene rings is 1. The zero-order chi connectivity index (χ0) is 13.2. The molecule has 1 aromatic rings. The molecule has 0 heterocycles. The number of halogens is 1. The molecule has 0 unspecified atom stereocenters. The molecule has 18 heavy (non-hydrogen) atoms. The Morgan fingerprint density at radius 1 is 0.944 bits per heavy atom. The maximum Gasteiger partial charge on any atom is 0.161 e. The topological polar surface area (TPSA) is 18.5 Å². The monoisotopic (exact) mass is 270 g/mol. The third-order valence-corrected chi connectivity index (χ3v) is 2.98. The molecule has 0 aromatic heterocycles. The van der Waals surface area contributed by atoms with Gasteiger partial charge in [0.15, 0.2) is 11.5 Å². The normalized spacial score (nSPS) is 10.4. The fourth-order valence-corrected chi connectivity index (χ4v) is 1.69. The van der Waals surface area contributed by atoms with Crippen LogP contribution in [0.1, 0.15) is 45.1 Å². The van der Waals surface area contributed by atoms with Crippen LogP contribution in [0.4, 0.5) is 0 Å². The average Bonchev–Trinajstić information content (AvgIpc) is 2.40. The van der Waals surface area contributed by atoms with Crippen LogP contribution in [0.15, 0.2) is 18.2 Å². The molecule has 1 aromatic carbocycles. The predicted molar refractivity (Wildman–Crippen MR) is 76.8 cm³/mol. The minimum absolute atomic E-state index is 0.499. The fourth-order valence-electron chi connectivity index (χ4n) is 1.52. The molecule has 0 bridgehead atoms. The van der Waals surface area contributed by atoms with Crippen LogP contribution in [-0.2, 0) is 5.88 Å². The zero-order valence-corrected chi connectivity index (χ0v) is 12.1. The molecule has 0 spiro atoms.